The molecule has 0 amide bonds. The molecule has 0 unspecified atom stereocenters. The van der Waals surface area contributed by atoms with Gasteiger partial charge < -0.3 is 5.11 Å². The summed E-state index contributed by atoms with van der Waals surface area (Å²) in [4.78, 5) is 15.6. The molecule has 0 aliphatic rings. The van der Waals surface area contributed by atoms with Crippen LogP contribution >= 0.6 is 11.3 Å². The number of carboxylic acids is 1. The third-order valence-corrected chi connectivity index (χ3v) is 5.59. The van der Waals surface area contributed by atoms with Gasteiger partial charge in [-0.1, -0.05) is 6.92 Å². The van der Waals surface area contributed by atoms with Crippen LogP contribution in [-0.4, -0.2) is 24.5 Å². The number of carbonyl (C=O) groups is 1. The molecule has 0 radical (unpaired) electrons. The van der Waals surface area contributed by atoms with Crippen LogP contribution in [0.25, 0.3) is 0 Å². The average Bonchev–Trinajstić information content (AvgIpc) is 2.88. The number of rotatable bonds is 5. The standard InChI is InChI=1S/C12H12N2O4S2/c1-2-8-5-6-10(19-8)20(17,18)14-9-4-3-7-13-11(9)12(15)16/h3-7,14H,2H2,1H3,(H,15,16). The average molecular weight is 312 g/mol. The number of hydrogen-bond acceptors (Lipinski definition) is 5. The summed E-state index contributed by atoms with van der Waals surface area (Å²) >= 11 is 1.16. The summed E-state index contributed by atoms with van der Waals surface area (Å²) in [5.74, 6) is -1.29. The maximum atomic E-state index is 12.2. The van der Waals surface area contributed by atoms with E-state index >= 15 is 0 Å². The molecule has 2 aromatic rings. The van der Waals surface area contributed by atoms with Crippen molar-refractivity contribution in [1.82, 2.24) is 4.98 Å². The SMILES string of the molecule is CCc1ccc(S(=O)(=O)Nc2cccnc2C(=O)O)s1. The summed E-state index contributed by atoms with van der Waals surface area (Å²) in [7, 11) is -3.79. The predicted molar refractivity (Wildman–Crippen MR) is 75.7 cm³/mol. The Balaban J connectivity index is 2.36. The minimum atomic E-state index is -3.79. The fraction of sp³-hybridized carbons (Fsp3) is 0.167. The maximum Gasteiger partial charge on any atom is 0.356 e. The van der Waals surface area contributed by atoms with Crippen LogP contribution in [0.5, 0.6) is 0 Å². The highest BCUT2D eigenvalue weighted by Gasteiger charge is 2.20. The molecule has 0 aromatic carbocycles. The van der Waals surface area contributed by atoms with E-state index in [4.69, 9.17) is 5.11 Å². The van der Waals surface area contributed by atoms with E-state index in [9.17, 15) is 13.2 Å². The number of aromatic nitrogens is 1. The summed E-state index contributed by atoms with van der Waals surface area (Å²) in [6, 6.07) is 6.07. The molecule has 20 heavy (non-hydrogen) atoms. The van der Waals surface area contributed by atoms with Crippen molar-refractivity contribution in [2.75, 3.05) is 4.72 Å². The van der Waals surface area contributed by atoms with E-state index in [0.29, 0.717) is 0 Å². The first-order valence-electron chi connectivity index (χ1n) is 5.74. The highest BCUT2D eigenvalue weighted by Crippen LogP contribution is 2.25. The van der Waals surface area contributed by atoms with Crippen molar-refractivity contribution in [2.24, 2.45) is 0 Å². The molecule has 0 atom stereocenters. The first-order chi connectivity index (χ1) is 9.44. The summed E-state index contributed by atoms with van der Waals surface area (Å²) in [5.41, 5.74) is -0.380. The first-order valence-corrected chi connectivity index (χ1v) is 8.04. The number of aryl methyl sites for hydroxylation is 1. The van der Waals surface area contributed by atoms with Crippen molar-refractivity contribution < 1.29 is 18.3 Å². The predicted octanol–water partition coefficient (Wildman–Crippen LogP) is 2.20. The lowest BCUT2D eigenvalue weighted by molar-refractivity contribution is 0.0692. The summed E-state index contributed by atoms with van der Waals surface area (Å²) in [5, 5.41) is 8.98. The van der Waals surface area contributed by atoms with Gasteiger partial charge in [-0.25, -0.2) is 18.2 Å². The van der Waals surface area contributed by atoms with Gasteiger partial charge in [0.25, 0.3) is 10.0 Å². The van der Waals surface area contributed by atoms with E-state index in [1.54, 1.807) is 6.07 Å². The number of anilines is 1. The summed E-state index contributed by atoms with van der Waals surface area (Å²) in [6.07, 6.45) is 2.04. The van der Waals surface area contributed by atoms with Crippen LogP contribution in [0.3, 0.4) is 0 Å². The van der Waals surface area contributed by atoms with Gasteiger partial charge in [0.2, 0.25) is 0 Å². The molecule has 2 N–H and O–H groups in total. The number of carboxylic acid groups (broad SMARTS) is 1. The Hall–Kier alpha value is -1.93. The van der Waals surface area contributed by atoms with Crippen molar-refractivity contribution in [3.63, 3.8) is 0 Å². The molecule has 0 bridgehead atoms. The Bertz CT molecular complexity index is 737. The number of sulfonamides is 1. The van der Waals surface area contributed by atoms with Gasteiger partial charge in [0.1, 0.15) is 4.21 Å². The van der Waals surface area contributed by atoms with Crippen molar-refractivity contribution >= 4 is 33.0 Å². The largest absolute Gasteiger partial charge is 0.476 e. The van der Waals surface area contributed by atoms with Gasteiger partial charge in [-0.3, -0.25) is 4.72 Å². The molecule has 2 heterocycles. The first kappa shape index (κ1) is 14.5. The van der Waals surface area contributed by atoms with Crippen LogP contribution in [0.4, 0.5) is 5.69 Å². The van der Waals surface area contributed by atoms with Crippen LogP contribution in [0, 0.1) is 0 Å². The van der Waals surface area contributed by atoms with Gasteiger partial charge in [0, 0.05) is 11.1 Å². The van der Waals surface area contributed by atoms with Gasteiger partial charge in [-0.15, -0.1) is 11.3 Å². The monoisotopic (exact) mass is 312 g/mol. The fourth-order valence-electron chi connectivity index (χ4n) is 1.55. The Labute approximate surface area is 120 Å². The topological polar surface area (TPSA) is 96.4 Å². The van der Waals surface area contributed by atoms with Crippen LogP contribution < -0.4 is 4.72 Å². The molecule has 0 aliphatic heterocycles. The number of hydrogen-bond donors (Lipinski definition) is 2. The van der Waals surface area contributed by atoms with E-state index in [-0.39, 0.29) is 15.6 Å². The Morgan fingerprint density at radius 1 is 1.40 bits per heavy atom. The molecule has 0 saturated carbocycles. The molecular weight excluding hydrogens is 300 g/mol. The van der Waals surface area contributed by atoms with Crippen LogP contribution in [0.1, 0.15) is 22.3 Å². The van der Waals surface area contributed by atoms with Gasteiger partial charge in [-0.05, 0) is 30.7 Å². The zero-order valence-electron chi connectivity index (χ0n) is 10.5. The second-order valence-corrected chi connectivity index (χ2v) is 6.96. The minimum Gasteiger partial charge on any atom is -0.476 e. The lowest BCUT2D eigenvalue weighted by Gasteiger charge is -2.08. The molecule has 106 valence electrons. The fourth-order valence-corrected chi connectivity index (χ4v) is 3.91. The normalized spacial score (nSPS) is 11.2. The van der Waals surface area contributed by atoms with Crippen molar-refractivity contribution in [2.45, 2.75) is 17.6 Å². The highest BCUT2D eigenvalue weighted by atomic mass is 32.2. The van der Waals surface area contributed by atoms with E-state index in [1.165, 1.54) is 24.4 Å². The Kier molecular flexibility index (Phi) is 4.05. The number of thiophene rings is 1. The zero-order valence-corrected chi connectivity index (χ0v) is 12.2. The molecule has 0 aliphatic carbocycles. The second-order valence-electron chi connectivity index (χ2n) is 3.88. The number of aromatic carboxylic acids is 1. The number of nitrogens with zero attached hydrogens (tertiary/aromatic N) is 1. The number of pyridine rings is 1. The molecule has 0 spiro atoms. The Morgan fingerprint density at radius 3 is 2.75 bits per heavy atom. The molecule has 0 fully saturated rings. The van der Waals surface area contributed by atoms with E-state index in [1.807, 2.05) is 6.92 Å². The van der Waals surface area contributed by atoms with E-state index in [2.05, 4.69) is 9.71 Å². The van der Waals surface area contributed by atoms with Crippen molar-refractivity contribution in [3.05, 3.63) is 41.0 Å². The third kappa shape index (κ3) is 2.97. The van der Waals surface area contributed by atoms with Gasteiger partial charge >= 0.3 is 5.97 Å². The minimum absolute atomic E-state index is 0.0496. The van der Waals surface area contributed by atoms with Crippen molar-refractivity contribution in [1.29, 1.82) is 0 Å². The van der Waals surface area contributed by atoms with E-state index in [0.717, 1.165) is 22.6 Å². The highest BCUT2D eigenvalue weighted by molar-refractivity contribution is 7.94. The van der Waals surface area contributed by atoms with Gasteiger partial charge in [0.05, 0.1) is 5.69 Å². The van der Waals surface area contributed by atoms with Crippen molar-refractivity contribution in [3.8, 4) is 0 Å². The van der Waals surface area contributed by atoms with Gasteiger partial charge in [-0.2, -0.15) is 0 Å². The van der Waals surface area contributed by atoms with Gasteiger partial charge in [0.15, 0.2) is 5.69 Å². The molecule has 0 saturated heterocycles. The summed E-state index contributed by atoms with van der Waals surface area (Å²) < 4.78 is 26.8. The quantitative estimate of drug-likeness (QED) is 0.882. The van der Waals surface area contributed by atoms with Crippen LogP contribution in [0.2, 0.25) is 0 Å². The third-order valence-electron chi connectivity index (χ3n) is 2.50. The summed E-state index contributed by atoms with van der Waals surface area (Å²) in [6.45, 7) is 1.93. The lowest BCUT2D eigenvalue weighted by Crippen LogP contribution is -2.15. The smallest absolute Gasteiger partial charge is 0.356 e. The maximum absolute atomic E-state index is 12.2. The van der Waals surface area contributed by atoms with Crippen LogP contribution in [0.15, 0.2) is 34.7 Å². The lowest BCUT2D eigenvalue weighted by atomic mass is 10.3. The molecular formula is C12H12N2O4S2. The zero-order chi connectivity index (χ0) is 14.8. The molecule has 2 rings (SSSR count). The second kappa shape index (κ2) is 5.59. The number of nitrogens with one attached hydrogen (secondary N) is 1. The molecule has 2 aromatic heterocycles. The van der Waals surface area contributed by atoms with Crippen LogP contribution in [-0.2, 0) is 16.4 Å². The Morgan fingerprint density at radius 2 is 2.15 bits per heavy atom. The molecule has 8 heteroatoms. The molecule has 6 nitrogen and oxygen atoms in total. The van der Waals surface area contributed by atoms with E-state index < -0.39 is 16.0 Å².